The Labute approximate surface area is 151 Å². The van der Waals surface area contributed by atoms with Gasteiger partial charge in [0.1, 0.15) is 11.6 Å². The van der Waals surface area contributed by atoms with Crippen LogP contribution < -0.4 is 10.5 Å². The number of rotatable bonds is 3. The predicted molar refractivity (Wildman–Crippen MR) is 96.0 cm³/mol. The summed E-state index contributed by atoms with van der Waals surface area (Å²) in [4.78, 5) is 4.07. The van der Waals surface area contributed by atoms with E-state index in [0.717, 1.165) is 22.4 Å². The van der Waals surface area contributed by atoms with Crippen molar-refractivity contribution in [2.75, 3.05) is 0 Å². The predicted octanol–water partition coefficient (Wildman–Crippen LogP) is 2.85. The smallest absolute Gasteiger partial charge is 0.224 e. The molecule has 0 aliphatic carbocycles. The second-order valence-corrected chi connectivity index (χ2v) is 6.15. The molecule has 6 nitrogen and oxygen atoms in total. The molecular formula is C20H17N5O. The molecule has 0 amide bonds. The molecule has 1 aromatic carbocycles. The highest BCUT2D eigenvalue weighted by Gasteiger charge is 2.35. The molecule has 128 valence electrons. The fourth-order valence-electron chi connectivity index (χ4n) is 3.33. The third-order valence-electron chi connectivity index (χ3n) is 4.51. The number of aromatic nitrogens is 3. The number of hydrogen-bond donors (Lipinski definition) is 1. The Balaban J connectivity index is 1.85. The minimum absolute atomic E-state index is 0.121. The van der Waals surface area contributed by atoms with E-state index in [0.29, 0.717) is 18.0 Å². The van der Waals surface area contributed by atoms with E-state index in [1.54, 1.807) is 17.1 Å². The molecule has 0 radical (unpaired) electrons. The van der Waals surface area contributed by atoms with Gasteiger partial charge in [0.2, 0.25) is 11.8 Å². The van der Waals surface area contributed by atoms with Gasteiger partial charge < -0.3 is 10.5 Å². The number of fused-ring (bicyclic) bond motifs is 1. The summed E-state index contributed by atoms with van der Waals surface area (Å²) in [6.45, 7) is 2.49. The van der Waals surface area contributed by atoms with Crippen LogP contribution in [-0.2, 0) is 6.54 Å². The third kappa shape index (κ3) is 2.60. The van der Waals surface area contributed by atoms with Crippen molar-refractivity contribution in [2.24, 2.45) is 5.73 Å². The van der Waals surface area contributed by atoms with Crippen molar-refractivity contribution >= 4 is 0 Å². The van der Waals surface area contributed by atoms with Crippen molar-refractivity contribution in [1.29, 1.82) is 5.26 Å². The maximum absolute atomic E-state index is 9.64. The second kappa shape index (κ2) is 6.37. The van der Waals surface area contributed by atoms with Crippen LogP contribution in [0.2, 0.25) is 0 Å². The minimum Gasteiger partial charge on any atom is -0.422 e. The average Bonchev–Trinajstić information content (AvgIpc) is 2.97. The number of ether oxygens (including phenoxy) is 1. The third-order valence-corrected chi connectivity index (χ3v) is 4.51. The summed E-state index contributed by atoms with van der Waals surface area (Å²) >= 11 is 0. The number of aryl methyl sites for hydroxylation is 1. The summed E-state index contributed by atoms with van der Waals surface area (Å²) in [6, 6.07) is 16.0. The molecule has 0 saturated carbocycles. The van der Waals surface area contributed by atoms with Crippen LogP contribution in [0.4, 0.5) is 0 Å². The maximum atomic E-state index is 9.64. The lowest BCUT2D eigenvalue weighted by atomic mass is 9.84. The van der Waals surface area contributed by atoms with Crippen molar-refractivity contribution in [3.63, 3.8) is 0 Å². The number of pyridine rings is 1. The summed E-state index contributed by atoms with van der Waals surface area (Å²) in [6.07, 6.45) is 3.42. The highest BCUT2D eigenvalue weighted by atomic mass is 16.5. The molecule has 0 bridgehead atoms. The zero-order chi connectivity index (χ0) is 18.1. The Morgan fingerprint density at radius 3 is 2.62 bits per heavy atom. The summed E-state index contributed by atoms with van der Waals surface area (Å²) in [7, 11) is 0. The van der Waals surface area contributed by atoms with Crippen LogP contribution in [0.25, 0.3) is 0 Å². The van der Waals surface area contributed by atoms with Gasteiger partial charge in [-0.25, -0.2) is 4.68 Å². The molecule has 3 heterocycles. The van der Waals surface area contributed by atoms with Crippen molar-refractivity contribution < 1.29 is 4.74 Å². The normalized spacial score (nSPS) is 15.9. The van der Waals surface area contributed by atoms with Crippen molar-refractivity contribution in [1.82, 2.24) is 14.8 Å². The van der Waals surface area contributed by atoms with E-state index in [1.807, 2.05) is 49.4 Å². The Bertz CT molecular complexity index is 1020. The molecule has 0 fully saturated rings. The Hall–Kier alpha value is -3.59. The van der Waals surface area contributed by atoms with Gasteiger partial charge >= 0.3 is 0 Å². The van der Waals surface area contributed by atoms with E-state index in [9.17, 15) is 5.26 Å². The van der Waals surface area contributed by atoms with Gasteiger partial charge in [-0.2, -0.15) is 10.4 Å². The minimum atomic E-state index is -0.309. The first kappa shape index (κ1) is 15.9. The maximum Gasteiger partial charge on any atom is 0.224 e. The van der Waals surface area contributed by atoms with Crippen molar-refractivity contribution in [3.05, 3.63) is 88.7 Å². The highest BCUT2D eigenvalue weighted by Crippen LogP contribution is 2.43. The van der Waals surface area contributed by atoms with Gasteiger partial charge in [-0.1, -0.05) is 30.3 Å². The van der Waals surface area contributed by atoms with Gasteiger partial charge in [-0.05, 0) is 30.2 Å². The van der Waals surface area contributed by atoms with Gasteiger partial charge in [0.15, 0.2) is 0 Å². The second-order valence-electron chi connectivity index (χ2n) is 6.15. The molecule has 2 aromatic heterocycles. The van der Waals surface area contributed by atoms with Gasteiger partial charge in [0.25, 0.3) is 0 Å². The number of hydrogen-bond acceptors (Lipinski definition) is 5. The Morgan fingerprint density at radius 1 is 1.19 bits per heavy atom. The summed E-state index contributed by atoms with van der Waals surface area (Å²) in [5.41, 5.74) is 10.2. The fraction of sp³-hybridized carbons (Fsp3) is 0.150. The van der Waals surface area contributed by atoms with E-state index >= 15 is 0 Å². The molecule has 0 spiro atoms. The Morgan fingerprint density at radius 2 is 1.92 bits per heavy atom. The molecule has 6 heteroatoms. The number of allylic oxidation sites excluding steroid dienone is 1. The number of benzene rings is 1. The van der Waals surface area contributed by atoms with Crippen LogP contribution in [0.3, 0.4) is 0 Å². The van der Waals surface area contributed by atoms with Crippen LogP contribution in [0.15, 0.2) is 66.3 Å². The molecule has 1 atom stereocenters. The van der Waals surface area contributed by atoms with Gasteiger partial charge in [-0.15, -0.1) is 0 Å². The van der Waals surface area contributed by atoms with Crippen LogP contribution in [0.5, 0.6) is 5.88 Å². The summed E-state index contributed by atoms with van der Waals surface area (Å²) in [5, 5.41) is 14.3. The van der Waals surface area contributed by atoms with Crippen molar-refractivity contribution in [3.8, 4) is 11.9 Å². The van der Waals surface area contributed by atoms with E-state index < -0.39 is 0 Å². The first-order valence-corrected chi connectivity index (χ1v) is 8.27. The van der Waals surface area contributed by atoms with Crippen molar-refractivity contribution in [2.45, 2.75) is 19.4 Å². The average molecular weight is 343 g/mol. The zero-order valence-corrected chi connectivity index (χ0v) is 14.3. The lowest BCUT2D eigenvalue weighted by Crippen LogP contribution is -2.22. The van der Waals surface area contributed by atoms with E-state index in [1.165, 1.54) is 0 Å². The van der Waals surface area contributed by atoms with E-state index in [2.05, 4.69) is 16.2 Å². The zero-order valence-electron chi connectivity index (χ0n) is 14.3. The molecule has 0 unspecified atom stereocenters. The molecule has 0 saturated heterocycles. The number of nitriles is 1. The van der Waals surface area contributed by atoms with E-state index in [-0.39, 0.29) is 11.8 Å². The van der Waals surface area contributed by atoms with E-state index in [4.69, 9.17) is 10.5 Å². The molecule has 3 aromatic rings. The Kier molecular flexibility index (Phi) is 3.90. The van der Waals surface area contributed by atoms with Crippen LogP contribution in [0.1, 0.15) is 28.3 Å². The standard InChI is InChI=1S/C20H17N5O/c1-13-17-18(15-7-9-23-10-8-15)16(11-21)19(22)26-20(17)25(24-13)12-14-5-3-2-4-6-14/h2-10,18H,12,22H2,1H3/t18-/m1/s1. The highest BCUT2D eigenvalue weighted by molar-refractivity contribution is 5.55. The largest absolute Gasteiger partial charge is 0.422 e. The van der Waals surface area contributed by atoms with Gasteiger partial charge in [-0.3, -0.25) is 4.98 Å². The SMILES string of the molecule is Cc1nn(Cc2ccccc2)c2c1[C@H](c1ccncc1)C(C#N)=C(N)O2. The van der Waals surface area contributed by atoms with Gasteiger partial charge in [0.05, 0.1) is 23.7 Å². The molecule has 4 rings (SSSR count). The van der Waals surface area contributed by atoms with Crippen LogP contribution in [-0.4, -0.2) is 14.8 Å². The molecule has 26 heavy (non-hydrogen) atoms. The van der Waals surface area contributed by atoms with Crippen LogP contribution >= 0.6 is 0 Å². The fourth-order valence-corrected chi connectivity index (χ4v) is 3.33. The first-order chi connectivity index (χ1) is 12.7. The molecule has 2 N–H and O–H groups in total. The lowest BCUT2D eigenvalue weighted by Gasteiger charge is -2.24. The quantitative estimate of drug-likeness (QED) is 0.790. The molecule has 1 aliphatic rings. The summed E-state index contributed by atoms with van der Waals surface area (Å²) in [5.74, 6) is 0.400. The first-order valence-electron chi connectivity index (χ1n) is 8.27. The lowest BCUT2D eigenvalue weighted by molar-refractivity contribution is 0.352. The molecule has 1 aliphatic heterocycles. The monoisotopic (exact) mass is 343 g/mol. The number of nitrogens with two attached hydrogens (primary N) is 1. The topological polar surface area (TPSA) is 89.8 Å². The number of nitrogens with zero attached hydrogens (tertiary/aromatic N) is 4. The summed E-state index contributed by atoms with van der Waals surface area (Å²) < 4.78 is 7.63. The van der Waals surface area contributed by atoms with Gasteiger partial charge in [0, 0.05) is 12.4 Å². The molecular weight excluding hydrogens is 326 g/mol. The van der Waals surface area contributed by atoms with Crippen LogP contribution in [0, 0.1) is 18.3 Å².